The maximum Gasteiger partial charge on any atom is 0.0345 e. The second-order valence-corrected chi connectivity index (χ2v) is 5.96. The first-order chi connectivity index (χ1) is 9.88. The molecule has 0 amide bonds. The summed E-state index contributed by atoms with van der Waals surface area (Å²) in [5, 5.41) is 7.16. The van der Waals surface area contributed by atoms with E-state index in [1.165, 1.54) is 21.2 Å². The molecule has 3 rings (SSSR count). The average Bonchev–Trinajstić information content (AvgIpc) is 2.92. The quantitative estimate of drug-likeness (QED) is 0.708. The van der Waals surface area contributed by atoms with E-state index in [1.807, 2.05) is 18.4 Å². The Kier molecular flexibility index (Phi) is 4.14. The number of hydrogen-bond acceptors (Lipinski definition) is 2. The van der Waals surface area contributed by atoms with Crippen LogP contribution in [0, 0.1) is 0 Å². The topological polar surface area (TPSA) is 12.0 Å². The third-order valence-electron chi connectivity index (χ3n) is 3.81. The van der Waals surface area contributed by atoms with E-state index in [-0.39, 0.29) is 0 Å². The van der Waals surface area contributed by atoms with Crippen LogP contribution in [0.5, 0.6) is 0 Å². The molecule has 1 atom stereocenters. The van der Waals surface area contributed by atoms with Gasteiger partial charge in [0.05, 0.1) is 0 Å². The number of benzene rings is 2. The van der Waals surface area contributed by atoms with Gasteiger partial charge in [-0.2, -0.15) is 0 Å². The molecule has 102 valence electrons. The summed E-state index contributed by atoms with van der Waals surface area (Å²) in [7, 11) is 2.05. The third kappa shape index (κ3) is 2.77. The molecule has 0 spiro atoms. The highest BCUT2D eigenvalue weighted by Crippen LogP contribution is 2.28. The van der Waals surface area contributed by atoms with Crippen molar-refractivity contribution in [1.29, 1.82) is 0 Å². The van der Waals surface area contributed by atoms with Crippen LogP contribution < -0.4 is 5.32 Å². The number of aryl methyl sites for hydroxylation is 1. The van der Waals surface area contributed by atoms with Crippen LogP contribution in [0.15, 0.2) is 60.0 Å². The summed E-state index contributed by atoms with van der Waals surface area (Å²) in [5.41, 5.74) is 2.84. The molecule has 1 nitrogen and oxygen atoms in total. The minimum atomic E-state index is 0.426. The molecular weight excluding hydrogens is 262 g/mol. The van der Waals surface area contributed by atoms with Gasteiger partial charge in [-0.3, -0.25) is 0 Å². The van der Waals surface area contributed by atoms with E-state index in [0.717, 1.165) is 12.8 Å². The zero-order chi connectivity index (χ0) is 13.8. The molecule has 0 aliphatic rings. The van der Waals surface area contributed by atoms with Crippen molar-refractivity contribution in [2.75, 3.05) is 7.05 Å². The number of nitrogens with one attached hydrogen (secondary N) is 1. The van der Waals surface area contributed by atoms with Crippen molar-refractivity contribution in [3.63, 3.8) is 0 Å². The fourth-order valence-electron chi connectivity index (χ4n) is 2.69. The summed E-state index contributed by atoms with van der Waals surface area (Å²) >= 11 is 1.85. The highest BCUT2D eigenvalue weighted by Gasteiger charge is 2.10. The Bertz CT molecular complexity index is 672. The van der Waals surface area contributed by atoms with Crippen LogP contribution in [0.1, 0.15) is 23.6 Å². The zero-order valence-electron chi connectivity index (χ0n) is 11.7. The van der Waals surface area contributed by atoms with E-state index in [2.05, 4.69) is 65.3 Å². The standard InChI is InChI=1S/C18H19NS/c1-19-17(14-7-3-2-4-8-14)12-11-15-13-20-18-10-6-5-9-16(15)18/h2-10,13,17,19H,11-12H2,1H3. The highest BCUT2D eigenvalue weighted by molar-refractivity contribution is 7.17. The van der Waals surface area contributed by atoms with Crippen molar-refractivity contribution in [2.24, 2.45) is 0 Å². The maximum absolute atomic E-state index is 3.43. The molecule has 3 aromatic rings. The third-order valence-corrected chi connectivity index (χ3v) is 4.83. The van der Waals surface area contributed by atoms with E-state index in [4.69, 9.17) is 0 Å². The van der Waals surface area contributed by atoms with E-state index in [9.17, 15) is 0 Å². The minimum Gasteiger partial charge on any atom is -0.313 e. The van der Waals surface area contributed by atoms with Gasteiger partial charge >= 0.3 is 0 Å². The van der Waals surface area contributed by atoms with Gasteiger partial charge < -0.3 is 5.32 Å². The first-order valence-electron chi connectivity index (χ1n) is 7.06. The van der Waals surface area contributed by atoms with Gasteiger partial charge in [0.1, 0.15) is 0 Å². The summed E-state index contributed by atoms with van der Waals surface area (Å²) in [6, 6.07) is 19.8. The van der Waals surface area contributed by atoms with Crippen LogP contribution in [0.25, 0.3) is 10.1 Å². The Morgan fingerprint density at radius 2 is 1.75 bits per heavy atom. The summed E-state index contributed by atoms with van der Waals surface area (Å²) in [6.07, 6.45) is 2.24. The molecular formula is C18H19NS. The van der Waals surface area contributed by atoms with E-state index < -0.39 is 0 Å². The van der Waals surface area contributed by atoms with Crippen LogP contribution in [-0.2, 0) is 6.42 Å². The molecule has 2 aromatic carbocycles. The zero-order valence-corrected chi connectivity index (χ0v) is 12.5. The second kappa shape index (κ2) is 6.21. The van der Waals surface area contributed by atoms with E-state index in [0.29, 0.717) is 6.04 Å². The molecule has 2 heteroatoms. The van der Waals surface area contributed by atoms with Gasteiger partial charge in [0.25, 0.3) is 0 Å². The number of rotatable bonds is 5. The van der Waals surface area contributed by atoms with Gasteiger partial charge in [0.2, 0.25) is 0 Å². The smallest absolute Gasteiger partial charge is 0.0345 e. The summed E-state index contributed by atoms with van der Waals surface area (Å²) in [6.45, 7) is 0. The van der Waals surface area contributed by atoms with Crippen molar-refractivity contribution < 1.29 is 0 Å². The molecule has 0 bridgehead atoms. The Balaban J connectivity index is 1.75. The lowest BCUT2D eigenvalue weighted by atomic mass is 9.99. The Labute approximate surface area is 124 Å². The highest BCUT2D eigenvalue weighted by atomic mass is 32.1. The molecule has 20 heavy (non-hydrogen) atoms. The largest absolute Gasteiger partial charge is 0.313 e. The lowest BCUT2D eigenvalue weighted by Gasteiger charge is -2.16. The first kappa shape index (κ1) is 13.3. The molecule has 0 fully saturated rings. The Hall–Kier alpha value is -1.64. The molecule has 1 heterocycles. The molecule has 0 radical (unpaired) electrons. The van der Waals surface area contributed by atoms with E-state index >= 15 is 0 Å². The molecule has 0 saturated carbocycles. The van der Waals surface area contributed by atoms with E-state index in [1.54, 1.807) is 0 Å². The predicted molar refractivity (Wildman–Crippen MR) is 88.4 cm³/mol. The van der Waals surface area contributed by atoms with Gasteiger partial charge in [-0.05, 0) is 47.8 Å². The van der Waals surface area contributed by atoms with Crippen LogP contribution >= 0.6 is 11.3 Å². The fraction of sp³-hybridized carbons (Fsp3) is 0.222. The second-order valence-electron chi connectivity index (χ2n) is 5.05. The normalized spacial score (nSPS) is 12.7. The lowest BCUT2D eigenvalue weighted by Crippen LogP contribution is -2.16. The fourth-order valence-corrected chi connectivity index (χ4v) is 3.69. The number of fused-ring (bicyclic) bond motifs is 1. The molecule has 0 saturated heterocycles. The lowest BCUT2D eigenvalue weighted by molar-refractivity contribution is 0.550. The molecule has 0 aliphatic carbocycles. The number of hydrogen-bond donors (Lipinski definition) is 1. The maximum atomic E-state index is 3.43. The number of thiophene rings is 1. The van der Waals surface area contributed by atoms with Crippen LogP contribution in [-0.4, -0.2) is 7.05 Å². The van der Waals surface area contributed by atoms with Crippen molar-refractivity contribution in [3.8, 4) is 0 Å². The molecule has 1 unspecified atom stereocenters. The minimum absolute atomic E-state index is 0.426. The van der Waals surface area contributed by atoms with Crippen molar-refractivity contribution in [1.82, 2.24) is 5.32 Å². The summed E-state index contributed by atoms with van der Waals surface area (Å²) < 4.78 is 1.39. The molecule has 1 N–H and O–H groups in total. The summed E-state index contributed by atoms with van der Waals surface area (Å²) in [4.78, 5) is 0. The van der Waals surface area contributed by atoms with Gasteiger partial charge in [0.15, 0.2) is 0 Å². The van der Waals surface area contributed by atoms with Crippen LogP contribution in [0.4, 0.5) is 0 Å². The predicted octanol–water partition coefficient (Wildman–Crippen LogP) is 4.79. The SMILES string of the molecule is CNC(CCc1csc2ccccc12)c1ccccc1. The Morgan fingerprint density at radius 3 is 2.55 bits per heavy atom. The van der Waals surface area contributed by atoms with Gasteiger partial charge in [-0.15, -0.1) is 11.3 Å². The molecule has 0 aliphatic heterocycles. The van der Waals surface area contributed by atoms with Crippen LogP contribution in [0.3, 0.4) is 0 Å². The van der Waals surface area contributed by atoms with Gasteiger partial charge in [0, 0.05) is 10.7 Å². The van der Waals surface area contributed by atoms with Crippen molar-refractivity contribution in [2.45, 2.75) is 18.9 Å². The monoisotopic (exact) mass is 281 g/mol. The van der Waals surface area contributed by atoms with Gasteiger partial charge in [-0.1, -0.05) is 48.5 Å². The van der Waals surface area contributed by atoms with Gasteiger partial charge in [-0.25, -0.2) is 0 Å². The first-order valence-corrected chi connectivity index (χ1v) is 7.94. The van der Waals surface area contributed by atoms with Crippen molar-refractivity contribution >= 4 is 21.4 Å². The Morgan fingerprint density at radius 1 is 1.00 bits per heavy atom. The molecule has 1 aromatic heterocycles. The average molecular weight is 281 g/mol. The summed E-state index contributed by atoms with van der Waals surface area (Å²) in [5.74, 6) is 0. The van der Waals surface area contributed by atoms with Crippen molar-refractivity contribution in [3.05, 3.63) is 71.1 Å². The van der Waals surface area contributed by atoms with Crippen LogP contribution in [0.2, 0.25) is 0 Å².